The third-order valence-electron chi connectivity index (χ3n) is 7.24. The summed E-state index contributed by atoms with van der Waals surface area (Å²) in [5, 5.41) is 0. The normalized spacial score (nSPS) is 22.0. The molecule has 0 radical (unpaired) electrons. The quantitative estimate of drug-likeness (QED) is 0.0961. The molecule has 0 bridgehead atoms. The maximum absolute atomic E-state index is 6.31. The van der Waals surface area contributed by atoms with Crippen LogP contribution in [0.5, 0.6) is 0 Å². The molecule has 1 fully saturated rings. The lowest BCUT2D eigenvalue weighted by Crippen LogP contribution is -2.49. The molecule has 0 aromatic carbocycles. The average Bonchev–Trinajstić information content (AvgIpc) is 2.79. The molecule has 1 saturated heterocycles. The number of nitrogens with one attached hydrogen (secondary N) is 1. The molecule has 0 saturated carbocycles. The number of rotatable bonds is 21. The van der Waals surface area contributed by atoms with Crippen molar-refractivity contribution < 1.29 is 8.95 Å². The summed E-state index contributed by atoms with van der Waals surface area (Å²) in [6.07, 6.45) is 26.6. The van der Waals surface area contributed by atoms with Crippen LogP contribution in [0.25, 0.3) is 0 Å². The van der Waals surface area contributed by atoms with Crippen molar-refractivity contribution in [2.75, 3.05) is 18.9 Å². The van der Waals surface area contributed by atoms with E-state index in [0.29, 0.717) is 5.92 Å². The van der Waals surface area contributed by atoms with Crippen LogP contribution in [0.3, 0.4) is 0 Å². The predicted octanol–water partition coefficient (Wildman–Crippen LogP) is 8.98. The van der Waals surface area contributed by atoms with E-state index < -0.39 is 8.56 Å². The second kappa shape index (κ2) is 21.9. The molecular weight excluding hydrogens is 430 g/mol. The zero-order valence-electron chi connectivity index (χ0n) is 21.8. The molecule has 1 aliphatic heterocycles. The molecule has 0 amide bonds. The van der Waals surface area contributed by atoms with Gasteiger partial charge in [-0.15, -0.1) is 0 Å². The topological polar surface area (TPSA) is 30.5 Å². The van der Waals surface area contributed by atoms with Gasteiger partial charge < -0.3 is 8.95 Å². The number of hydroxylamine groups is 1. The fourth-order valence-corrected chi connectivity index (χ4v) is 7.90. The number of hydrogen-bond donors (Lipinski definition) is 2. The minimum absolute atomic E-state index is 0.704. The Morgan fingerprint density at radius 3 is 1.78 bits per heavy atom. The molecule has 1 rings (SSSR count). The minimum Gasteiger partial charge on any atom is -0.393 e. The number of unbranched alkanes of at least 4 members (excludes halogenated alkanes) is 15. The van der Waals surface area contributed by atoms with Crippen molar-refractivity contribution in [2.24, 2.45) is 5.92 Å². The first-order chi connectivity index (χ1) is 15.8. The maximum Gasteiger partial charge on any atom is 0.357 e. The Labute approximate surface area is 208 Å². The van der Waals surface area contributed by atoms with Gasteiger partial charge in [0, 0.05) is 13.2 Å². The van der Waals surface area contributed by atoms with Crippen LogP contribution in [0.1, 0.15) is 136 Å². The Balaban J connectivity index is 1.88. The van der Waals surface area contributed by atoms with Gasteiger partial charge in [0.05, 0.1) is 0 Å². The van der Waals surface area contributed by atoms with Crippen LogP contribution in [0, 0.1) is 5.92 Å². The summed E-state index contributed by atoms with van der Waals surface area (Å²) in [5.41, 5.74) is 3.30. The molecule has 0 aromatic heterocycles. The molecule has 0 spiro atoms. The van der Waals surface area contributed by atoms with Gasteiger partial charge in [-0.3, -0.25) is 0 Å². The van der Waals surface area contributed by atoms with Gasteiger partial charge in [0.25, 0.3) is 0 Å². The van der Waals surface area contributed by atoms with E-state index in [1.165, 1.54) is 116 Å². The van der Waals surface area contributed by atoms with Gasteiger partial charge in [0.1, 0.15) is 0 Å². The van der Waals surface area contributed by atoms with Crippen molar-refractivity contribution in [3.05, 3.63) is 0 Å². The highest BCUT2D eigenvalue weighted by Gasteiger charge is 2.37. The molecule has 1 heterocycles. The first-order valence-electron chi connectivity index (χ1n) is 14.4. The van der Waals surface area contributed by atoms with E-state index in [-0.39, 0.29) is 0 Å². The largest absolute Gasteiger partial charge is 0.393 e. The van der Waals surface area contributed by atoms with E-state index in [2.05, 4.69) is 32.0 Å². The zero-order valence-corrected chi connectivity index (χ0v) is 23.7. The Bertz CT molecular complexity index is 390. The summed E-state index contributed by atoms with van der Waals surface area (Å²) in [4.78, 5) is 0. The highest BCUT2D eigenvalue weighted by molar-refractivity contribution is 7.80. The molecule has 32 heavy (non-hydrogen) atoms. The van der Waals surface area contributed by atoms with Crippen molar-refractivity contribution in [3.63, 3.8) is 0 Å². The summed E-state index contributed by atoms with van der Waals surface area (Å²) in [6.45, 7) is 6.39. The van der Waals surface area contributed by atoms with Gasteiger partial charge in [0.15, 0.2) is 0 Å². The van der Waals surface area contributed by atoms with Crippen LogP contribution in [-0.4, -0.2) is 27.5 Å². The molecule has 1 N–H and O–H groups in total. The van der Waals surface area contributed by atoms with E-state index in [4.69, 9.17) is 8.95 Å². The van der Waals surface area contributed by atoms with E-state index in [9.17, 15) is 0 Å². The molecule has 1 aliphatic rings. The van der Waals surface area contributed by atoms with Gasteiger partial charge in [-0.2, -0.15) is 12.6 Å². The number of thiol groups is 1. The summed E-state index contributed by atoms with van der Waals surface area (Å²) < 4.78 is 12.4. The summed E-state index contributed by atoms with van der Waals surface area (Å²) in [7, 11) is -2.03. The Morgan fingerprint density at radius 2 is 1.28 bits per heavy atom. The fourth-order valence-electron chi connectivity index (χ4n) is 4.88. The van der Waals surface area contributed by atoms with Gasteiger partial charge in [-0.25, -0.2) is 5.48 Å². The van der Waals surface area contributed by atoms with Gasteiger partial charge >= 0.3 is 8.56 Å². The number of hydrogen-bond acceptors (Lipinski definition) is 4. The highest BCUT2D eigenvalue weighted by atomic mass is 32.1. The molecule has 5 heteroatoms. The minimum atomic E-state index is -2.03. The zero-order chi connectivity index (χ0) is 23.2. The molecule has 3 nitrogen and oxygen atoms in total. The van der Waals surface area contributed by atoms with Gasteiger partial charge in [-0.05, 0) is 43.0 Å². The summed E-state index contributed by atoms with van der Waals surface area (Å²) in [6, 6.07) is 2.08. The first kappa shape index (κ1) is 30.5. The predicted molar refractivity (Wildman–Crippen MR) is 147 cm³/mol. The average molecular weight is 488 g/mol. The monoisotopic (exact) mass is 487 g/mol. The van der Waals surface area contributed by atoms with Crippen LogP contribution in [0.15, 0.2) is 0 Å². The van der Waals surface area contributed by atoms with Crippen molar-refractivity contribution in [2.45, 2.75) is 148 Å². The first-order valence-corrected chi connectivity index (χ1v) is 17.3. The maximum atomic E-state index is 6.31. The van der Waals surface area contributed by atoms with E-state index in [1.54, 1.807) is 0 Å². The van der Waals surface area contributed by atoms with Crippen molar-refractivity contribution in [1.29, 1.82) is 0 Å². The molecule has 192 valence electrons. The molecule has 0 aliphatic carbocycles. The standard InChI is InChI=1S/C27H57NO2SSi/c1-3-5-6-7-8-9-10-11-12-13-14-15-16-17-18-19-21-27-22-23-29-32(4-2,25-20-24-31)30-28-26-27/h27-28,31H,3-26H2,1-2H3. The SMILES string of the molecule is CCCCCCCCCCCCCCCCCCC1CCO[Si](CC)(CCCS)ONC1. The van der Waals surface area contributed by atoms with E-state index in [0.717, 1.165) is 37.4 Å². The van der Waals surface area contributed by atoms with E-state index >= 15 is 0 Å². The van der Waals surface area contributed by atoms with Crippen LogP contribution < -0.4 is 5.48 Å². The van der Waals surface area contributed by atoms with Crippen molar-refractivity contribution in [1.82, 2.24) is 5.48 Å². The smallest absolute Gasteiger partial charge is 0.357 e. The van der Waals surface area contributed by atoms with Crippen molar-refractivity contribution >= 4 is 21.2 Å². The third kappa shape index (κ3) is 16.1. The highest BCUT2D eigenvalue weighted by Crippen LogP contribution is 2.24. The van der Waals surface area contributed by atoms with Crippen LogP contribution in [0.2, 0.25) is 12.1 Å². The third-order valence-corrected chi connectivity index (χ3v) is 11.0. The lowest BCUT2D eigenvalue weighted by Gasteiger charge is -2.33. The molecule has 2 unspecified atom stereocenters. The lowest BCUT2D eigenvalue weighted by atomic mass is 9.97. The molecule has 2 atom stereocenters. The Morgan fingerprint density at radius 1 is 0.750 bits per heavy atom. The summed E-state index contributed by atoms with van der Waals surface area (Å²) >= 11 is 4.36. The van der Waals surface area contributed by atoms with Crippen LogP contribution in [-0.2, 0) is 8.95 Å². The summed E-state index contributed by atoms with van der Waals surface area (Å²) in [5.74, 6) is 1.62. The second-order valence-electron chi connectivity index (χ2n) is 10.1. The lowest BCUT2D eigenvalue weighted by molar-refractivity contribution is 0.0643. The van der Waals surface area contributed by atoms with Crippen LogP contribution in [0.4, 0.5) is 0 Å². The van der Waals surface area contributed by atoms with Crippen molar-refractivity contribution in [3.8, 4) is 0 Å². The molecule has 0 aromatic rings. The second-order valence-corrected chi connectivity index (χ2v) is 14.1. The van der Waals surface area contributed by atoms with Gasteiger partial charge in [-0.1, -0.05) is 117 Å². The Kier molecular flexibility index (Phi) is 20.9. The Hall–Kier alpha value is 0.447. The molecular formula is C27H57NO2SSi. The fraction of sp³-hybridized carbons (Fsp3) is 1.00. The van der Waals surface area contributed by atoms with Gasteiger partial charge in [0.2, 0.25) is 0 Å². The van der Waals surface area contributed by atoms with E-state index in [1.807, 2.05) is 0 Å². The van der Waals surface area contributed by atoms with Crippen LogP contribution >= 0.6 is 12.6 Å².